The van der Waals surface area contributed by atoms with Crippen molar-refractivity contribution in [1.82, 2.24) is 0 Å². The Morgan fingerprint density at radius 3 is 2.65 bits per heavy atom. The van der Waals surface area contributed by atoms with Crippen molar-refractivity contribution in [2.45, 2.75) is 13.3 Å². The van der Waals surface area contributed by atoms with Crippen LogP contribution in [0.4, 0.5) is 11.4 Å². The van der Waals surface area contributed by atoms with Gasteiger partial charge >= 0.3 is 0 Å². The summed E-state index contributed by atoms with van der Waals surface area (Å²) in [6.07, 6.45) is 0.948. The molecule has 0 unspecified atom stereocenters. The Kier molecular flexibility index (Phi) is 5.37. The van der Waals surface area contributed by atoms with Gasteiger partial charge in [-0.3, -0.25) is 10.1 Å². The SMILES string of the molecule is CCCN(CCO)c1ccc([N+](=O)[O-])cc1Br. The quantitative estimate of drug-likeness (QED) is 0.648. The molecular formula is C11H15BrN2O3. The number of rotatable bonds is 6. The second kappa shape index (κ2) is 6.56. The van der Waals surface area contributed by atoms with Gasteiger partial charge in [-0.25, -0.2) is 0 Å². The molecule has 1 aromatic rings. The average Bonchev–Trinajstić information content (AvgIpc) is 2.28. The number of nitro groups is 1. The molecule has 1 aromatic carbocycles. The van der Waals surface area contributed by atoms with Crippen LogP contribution in [0.3, 0.4) is 0 Å². The Bertz CT molecular complexity index is 392. The summed E-state index contributed by atoms with van der Waals surface area (Å²) in [5, 5.41) is 19.6. The first-order valence-corrected chi connectivity index (χ1v) is 6.19. The fourth-order valence-electron chi connectivity index (χ4n) is 1.61. The van der Waals surface area contributed by atoms with E-state index < -0.39 is 4.92 Å². The standard InChI is InChI=1S/C11H15BrN2O3/c1-2-5-13(6-7-15)11-4-3-9(14(16)17)8-10(11)12/h3-4,8,15H,2,5-7H2,1H3. The van der Waals surface area contributed by atoms with E-state index in [1.54, 1.807) is 6.07 Å². The molecule has 1 rings (SSSR count). The Hall–Kier alpha value is -1.14. The van der Waals surface area contributed by atoms with E-state index in [9.17, 15) is 10.1 Å². The molecule has 0 heterocycles. The molecule has 0 atom stereocenters. The molecule has 0 spiro atoms. The predicted octanol–water partition coefficient (Wildman–Crippen LogP) is 2.57. The minimum Gasteiger partial charge on any atom is -0.395 e. The third-order valence-corrected chi connectivity index (χ3v) is 2.98. The lowest BCUT2D eigenvalue weighted by Gasteiger charge is -2.24. The highest BCUT2D eigenvalue weighted by Gasteiger charge is 2.13. The van der Waals surface area contributed by atoms with Gasteiger partial charge in [0, 0.05) is 29.7 Å². The largest absolute Gasteiger partial charge is 0.395 e. The Morgan fingerprint density at radius 1 is 1.47 bits per heavy atom. The van der Waals surface area contributed by atoms with Crippen LogP contribution in [0.15, 0.2) is 22.7 Å². The Morgan fingerprint density at radius 2 is 2.18 bits per heavy atom. The summed E-state index contributed by atoms with van der Waals surface area (Å²) in [7, 11) is 0. The summed E-state index contributed by atoms with van der Waals surface area (Å²) in [6, 6.07) is 4.66. The van der Waals surface area contributed by atoms with Gasteiger partial charge in [-0.15, -0.1) is 0 Å². The van der Waals surface area contributed by atoms with Crippen molar-refractivity contribution >= 4 is 27.3 Å². The topological polar surface area (TPSA) is 66.6 Å². The van der Waals surface area contributed by atoms with E-state index in [-0.39, 0.29) is 12.3 Å². The molecule has 5 nitrogen and oxygen atoms in total. The maximum Gasteiger partial charge on any atom is 0.270 e. The average molecular weight is 303 g/mol. The highest BCUT2D eigenvalue weighted by molar-refractivity contribution is 9.10. The van der Waals surface area contributed by atoms with Crippen LogP contribution in [0, 0.1) is 10.1 Å². The lowest BCUT2D eigenvalue weighted by Crippen LogP contribution is -2.27. The van der Waals surface area contributed by atoms with E-state index >= 15 is 0 Å². The van der Waals surface area contributed by atoms with Crippen molar-refractivity contribution in [2.24, 2.45) is 0 Å². The van der Waals surface area contributed by atoms with Crippen LogP contribution in [0.1, 0.15) is 13.3 Å². The van der Waals surface area contributed by atoms with Gasteiger partial charge in [-0.2, -0.15) is 0 Å². The molecule has 0 bridgehead atoms. The fraction of sp³-hybridized carbons (Fsp3) is 0.455. The highest BCUT2D eigenvalue weighted by Crippen LogP contribution is 2.30. The summed E-state index contributed by atoms with van der Waals surface area (Å²) in [4.78, 5) is 12.2. The lowest BCUT2D eigenvalue weighted by atomic mass is 10.2. The number of nitrogens with zero attached hydrogens (tertiary/aromatic N) is 2. The van der Waals surface area contributed by atoms with E-state index in [0.717, 1.165) is 18.7 Å². The van der Waals surface area contributed by atoms with Gasteiger partial charge in [0.2, 0.25) is 0 Å². The number of nitro benzene ring substituents is 1. The molecule has 0 aliphatic heterocycles. The summed E-state index contributed by atoms with van der Waals surface area (Å²) >= 11 is 3.33. The number of hydrogen-bond donors (Lipinski definition) is 1. The van der Waals surface area contributed by atoms with Crippen molar-refractivity contribution < 1.29 is 10.0 Å². The van der Waals surface area contributed by atoms with Gasteiger partial charge in [0.1, 0.15) is 0 Å². The molecule has 1 N–H and O–H groups in total. The van der Waals surface area contributed by atoms with Gasteiger partial charge in [0.25, 0.3) is 5.69 Å². The fourth-order valence-corrected chi connectivity index (χ4v) is 2.23. The molecule has 94 valence electrons. The van der Waals surface area contributed by atoms with Gasteiger partial charge in [-0.05, 0) is 28.4 Å². The number of halogens is 1. The van der Waals surface area contributed by atoms with Crippen molar-refractivity contribution in [3.63, 3.8) is 0 Å². The Labute approximate surface area is 108 Å². The zero-order chi connectivity index (χ0) is 12.8. The molecular weight excluding hydrogens is 288 g/mol. The molecule has 0 amide bonds. The molecule has 0 aliphatic carbocycles. The van der Waals surface area contributed by atoms with Crippen molar-refractivity contribution in [3.8, 4) is 0 Å². The highest BCUT2D eigenvalue weighted by atomic mass is 79.9. The van der Waals surface area contributed by atoms with Crippen LogP contribution in [0.5, 0.6) is 0 Å². The van der Waals surface area contributed by atoms with Gasteiger partial charge in [-0.1, -0.05) is 6.92 Å². The van der Waals surface area contributed by atoms with E-state index in [2.05, 4.69) is 15.9 Å². The normalized spacial score (nSPS) is 10.3. The molecule has 0 fully saturated rings. The van der Waals surface area contributed by atoms with Crippen LogP contribution in [0.25, 0.3) is 0 Å². The number of anilines is 1. The van der Waals surface area contributed by atoms with E-state index in [4.69, 9.17) is 5.11 Å². The summed E-state index contributed by atoms with van der Waals surface area (Å²) in [6.45, 7) is 3.42. The maximum atomic E-state index is 10.6. The van der Waals surface area contributed by atoms with Crippen LogP contribution in [-0.4, -0.2) is 29.7 Å². The minimum absolute atomic E-state index is 0.0565. The monoisotopic (exact) mass is 302 g/mol. The van der Waals surface area contributed by atoms with E-state index in [0.29, 0.717) is 11.0 Å². The molecule has 6 heteroatoms. The van der Waals surface area contributed by atoms with E-state index in [1.807, 2.05) is 11.8 Å². The van der Waals surface area contributed by atoms with Gasteiger partial charge in [0.05, 0.1) is 17.2 Å². The molecule has 0 aliphatic rings. The second-order valence-electron chi connectivity index (χ2n) is 3.60. The molecule has 0 aromatic heterocycles. The van der Waals surface area contributed by atoms with Crippen LogP contribution in [-0.2, 0) is 0 Å². The minimum atomic E-state index is -0.426. The van der Waals surface area contributed by atoms with Gasteiger partial charge < -0.3 is 10.0 Å². The number of aliphatic hydroxyl groups is 1. The smallest absolute Gasteiger partial charge is 0.270 e. The number of benzene rings is 1. The molecule has 17 heavy (non-hydrogen) atoms. The molecule has 0 radical (unpaired) electrons. The predicted molar refractivity (Wildman–Crippen MR) is 70.4 cm³/mol. The summed E-state index contributed by atoms with van der Waals surface area (Å²) in [5.74, 6) is 0. The number of non-ortho nitro benzene ring substituents is 1. The first-order valence-electron chi connectivity index (χ1n) is 5.40. The molecule has 0 saturated heterocycles. The lowest BCUT2D eigenvalue weighted by molar-refractivity contribution is -0.384. The first kappa shape index (κ1) is 13.9. The maximum absolute atomic E-state index is 10.6. The van der Waals surface area contributed by atoms with Crippen molar-refractivity contribution in [2.75, 3.05) is 24.6 Å². The van der Waals surface area contributed by atoms with E-state index in [1.165, 1.54) is 12.1 Å². The van der Waals surface area contributed by atoms with Crippen LogP contribution < -0.4 is 4.90 Å². The van der Waals surface area contributed by atoms with Crippen LogP contribution in [0.2, 0.25) is 0 Å². The third kappa shape index (κ3) is 3.67. The van der Waals surface area contributed by atoms with Crippen LogP contribution >= 0.6 is 15.9 Å². The summed E-state index contributed by atoms with van der Waals surface area (Å²) in [5.41, 5.74) is 0.924. The van der Waals surface area contributed by atoms with Crippen molar-refractivity contribution in [1.29, 1.82) is 0 Å². The van der Waals surface area contributed by atoms with Gasteiger partial charge in [0.15, 0.2) is 0 Å². The third-order valence-electron chi connectivity index (χ3n) is 2.35. The Balaban J connectivity index is 2.99. The van der Waals surface area contributed by atoms with Crippen molar-refractivity contribution in [3.05, 3.63) is 32.8 Å². The zero-order valence-electron chi connectivity index (χ0n) is 9.60. The first-order chi connectivity index (χ1) is 8.10. The summed E-state index contributed by atoms with van der Waals surface area (Å²) < 4.78 is 0.675. The number of hydrogen-bond acceptors (Lipinski definition) is 4. The second-order valence-corrected chi connectivity index (χ2v) is 4.46. The molecule has 0 saturated carbocycles. The number of aliphatic hydroxyl groups excluding tert-OH is 1. The zero-order valence-corrected chi connectivity index (χ0v) is 11.2.